The summed E-state index contributed by atoms with van der Waals surface area (Å²) in [5.41, 5.74) is -0.857. The van der Waals surface area contributed by atoms with E-state index >= 15 is 0 Å². The van der Waals surface area contributed by atoms with Crippen molar-refractivity contribution in [1.29, 1.82) is 0 Å². The van der Waals surface area contributed by atoms with Crippen LogP contribution < -0.4 is 9.47 Å². The number of ketones is 1. The van der Waals surface area contributed by atoms with Gasteiger partial charge in [0.15, 0.2) is 5.78 Å². The van der Waals surface area contributed by atoms with Crippen LogP contribution in [0.25, 0.3) is 0 Å². The molecule has 33 heavy (non-hydrogen) atoms. The van der Waals surface area contributed by atoms with Crippen molar-refractivity contribution in [1.82, 2.24) is 0 Å². The van der Waals surface area contributed by atoms with Gasteiger partial charge in [0.1, 0.15) is 11.5 Å². The fourth-order valence-corrected chi connectivity index (χ4v) is 2.75. The summed E-state index contributed by atoms with van der Waals surface area (Å²) in [4.78, 5) is 57.2. The number of ether oxygens (including phenoxy) is 2. The van der Waals surface area contributed by atoms with Crippen LogP contribution in [0.3, 0.4) is 0 Å². The molecule has 11 heteroatoms. The molecule has 0 aromatic heterocycles. The molecule has 0 radical (unpaired) electrons. The van der Waals surface area contributed by atoms with E-state index in [9.17, 15) is 34.6 Å². The standard InChI is InChI=1S/C22H14N2O9/c1-13(25)19-12-18(32-21(26)14-4-2-6-16(10-14)23(28)29)8-9-20(19)33-22(27)15-5-3-7-17(11-15)24(30)31/h2-12H,1H3. The molecule has 0 amide bonds. The van der Waals surface area contributed by atoms with Crippen LogP contribution in [0.1, 0.15) is 38.0 Å². The number of esters is 2. The van der Waals surface area contributed by atoms with Gasteiger partial charge in [0, 0.05) is 24.3 Å². The number of benzene rings is 3. The second-order valence-electron chi connectivity index (χ2n) is 6.61. The fourth-order valence-electron chi connectivity index (χ4n) is 2.75. The lowest BCUT2D eigenvalue weighted by Gasteiger charge is -2.11. The summed E-state index contributed by atoms with van der Waals surface area (Å²) in [7, 11) is 0. The van der Waals surface area contributed by atoms with Gasteiger partial charge in [0.2, 0.25) is 0 Å². The number of carbonyl (C=O) groups is 3. The molecule has 166 valence electrons. The quantitative estimate of drug-likeness (QED) is 0.170. The molecule has 0 saturated heterocycles. The van der Waals surface area contributed by atoms with E-state index in [1.807, 2.05) is 0 Å². The molecule has 3 aromatic rings. The molecule has 0 aliphatic rings. The van der Waals surface area contributed by atoms with E-state index in [0.29, 0.717) is 0 Å². The fraction of sp³-hybridized carbons (Fsp3) is 0.0455. The van der Waals surface area contributed by atoms with Gasteiger partial charge in [0.05, 0.1) is 26.5 Å². The van der Waals surface area contributed by atoms with Gasteiger partial charge in [-0.1, -0.05) is 12.1 Å². The number of nitro benzene ring substituents is 2. The Hall–Kier alpha value is -4.93. The summed E-state index contributed by atoms with van der Waals surface area (Å²) >= 11 is 0. The van der Waals surface area contributed by atoms with E-state index in [0.717, 1.165) is 12.1 Å². The van der Waals surface area contributed by atoms with Crippen LogP contribution >= 0.6 is 0 Å². The van der Waals surface area contributed by atoms with Crippen LogP contribution in [0, 0.1) is 20.2 Å². The molecule has 0 spiro atoms. The maximum atomic E-state index is 12.4. The zero-order chi connectivity index (χ0) is 24.1. The minimum atomic E-state index is -0.928. The molecule has 3 aromatic carbocycles. The second-order valence-corrected chi connectivity index (χ2v) is 6.61. The molecule has 11 nitrogen and oxygen atoms in total. The van der Waals surface area contributed by atoms with Gasteiger partial charge in [-0.25, -0.2) is 9.59 Å². The smallest absolute Gasteiger partial charge is 0.343 e. The molecule has 0 bridgehead atoms. The Labute approximate surface area is 185 Å². The molecule has 3 rings (SSSR count). The number of Topliss-reactive ketones (excluding diaryl/α,β-unsaturated/α-hetero) is 1. The minimum absolute atomic E-state index is 0.0631. The number of nitrogens with zero attached hydrogens (tertiary/aromatic N) is 2. The number of carbonyl (C=O) groups excluding carboxylic acids is 3. The van der Waals surface area contributed by atoms with Crippen LogP contribution in [0.5, 0.6) is 11.5 Å². The highest BCUT2D eigenvalue weighted by atomic mass is 16.6. The van der Waals surface area contributed by atoms with Crippen molar-refractivity contribution in [2.75, 3.05) is 0 Å². The Bertz CT molecular complexity index is 1300. The summed E-state index contributed by atoms with van der Waals surface area (Å²) in [6, 6.07) is 13.5. The first-order chi connectivity index (χ1) is 15.7. The van der Waals surface area contributed by atoms with E-state index in [1.54, 1.807) is 0 Å². The number of non-ortho nitro benzene ring substituents is 2. The lowest BCUT2D eigenvalue weighted by Crippen LogP contribution is -2.12. The van der Waals surface area contributed by atoms with E-state index < -0.39 is 27.6 Å². The van der Waals surface area contributed by atoms with E-state index in [1.165, 1.54) is 61.5 Å². The first-order valence-corrected chi connectivity index (χ1v) is 9.24. The molecule has 0 aliphatic heterocycles. The molecule has 0 unspecified atom stereocenters. The Balaban J connectivity index is 1.83. The van der Waals surface area contributed by atoms with Crippen molar-refractivity contribution in [2.45, 2.75) is 6.92 Å². The Kier molecular flexibility index (Phi) is 6.53. The zero-order valence-electron chi connectivity index (χ0n) is 16.9. The number of hydrogen-bond donors (Lipinski definition) is 0. The van der Waals surface area contributed by atoms with Crippen molar-refractivity contribution in [3.63, 3.8) is 0 Å². The predicted molar refractivity (Wildman–Crippen MR) is 113 cm³/mol. The highest BCUT2D eigenvalue weighted by Gasteiger charge is 2.19. The molecule has 0 aliphatic carbocycles. The Morgan fingerprint density at radius 1 is 0.727 bits per heavy atom. The molecule has 0 heterocycles. The lowest BCUT2D eigenvalue weighted by atomic mass is 10.1. The largest absolute Gasteiger partial charge is 0.423 e. The average molecular weight is 450 g/mol. The monoisotopic (exact) mass is 450 g/mol. The summed E-state index contributed by atoms with van der Waals surface area (Å²) in [5.74, 6) is -2.54. The maximum Gasteiger partial charge on any atom is 0.343 e. The van der Waals surface area contributed by atoms with Crippen molar-refractivity contribution in [2.24, 2.45) is 0 Å². The SMILES string of the molecule is CC(=O)c1cc(OC(=O)c2cccc([N+](=O)[O-])c2)ccc1OC(=O)c1cccc([N+](=O)[O-])c1. The molecular weight excluding hydrogens is 436 g/mol. The highest BCUT2D eigenvalue weighted by molar-refractivity contribution is 6.00. The minimum Gasteiger partial charge on any atom is -0.423 e. The van der Waals surface area contributed by atoms with Crippen LogP contribution in [-0.2, 0) is 0 Å². The Morgan fingerprint density at radius 2 is 1.24 bits per heavy atom. The van der Waals surface area contributed by atoms with Crippen LogP contribution in [0.4, 0.5) is 11.4 Å². The van der Waals surface area contributed by atoms with Crippen LogP contribution in [0.15, 0.2) is 66.7 Å². The third-order valence-corrected chi connectivity index (χ3v) is 4.33. The van der Waals surface area contributed by atoms with Crippen LogP contribution in [-0.4, -0.2) is 27.6 Å². The summed E-state index contributed by atoms with van der Waals surface area (Å²) in [6.07, 6.45) is 0. The highest BCUT2D eigenvalue weighted by Crippen LogP contribution is 2.27. The van der Waals surface area contributed by atoms with Gasteiger partial charge in [0.25, 0.3) is 11.4 Å². The first-order valence-electron chi connectivity index (χ1n) is 9.24. The topological polar surface area (TPSA) is 156 Å². The van der Waals surface area contributed by atoms with Gasteiger partial charge < -0.3 is 9.47 Å². The molecular formula is C22H14N2O9. The van der Waals surface area contributed by atoms with E-state index in [2.05, 4.69) is 0 Å². The Morgan fingerprint density at radius 3 is 1.73 bits per heavy atom. The summed E-state index contributed by atoms with van der Waals surface area (Å²) in [5, 5.41) is 21.8. The van der Waals surface area contributed by atoms with Gasteiger partial charge in [-0.15, -0.1) is 0 Å². The third-order valence-electron chi connectivity index (χ3n) is 4.33. The van der Waals surface area contributed by atoms with Gasteiger partial charge >= 0.3 is 11.9 Å². The van der Waals surface area contributed by atoms with E-state index in [-0.39, 0.29) is 39.6 Å². The summed E-state index contributed by atoms with van der Waals surface area (Å²) in [6.45, 7) is 1.20. The van der Waals surface area contributed by atoms with Crippen LogP contribution in [0.2, 0.25) is 0 Å². The van der Waals surface area contributed by atoms with Gasteiger partial charge in [-0.05, 0) is 37.3 Å². The number of rotatable bonds is 7. The molecule has 0 N–H and O–H groups in total. The molecule has 0 saturated carbocycles. The normalized spacial score (nSPS) is 10.2. The van der Waals surface area contributed by atoms with Crippen molar-refractivity contribution in [3.05, 3.63) is 104 Å². The third kappa shape index (κ3) is 5.41. The summed E-state index contributed by atoms with van der Waals surface area (Å²) < 4.78 is 10.4. The second kappa shape index (κ2) is 9.47. The van der Waals surface area contributed by atoms with Gasteiger partial charge in [-0.3, -0.25) is 25.0 Å². The molecule has 0 atom stereocenters. The lowest BCUT2D eigenvalue weighted by molar-refractivity contribution is -0.385. The molecule has 0 fully saturated rings. The average Bonchev–Trinajstić information content (AvgIpc) is 2.79. The number of nitro groups is 2. The van der Waals surface area contributed by atoms with Crippen molar-refractivity contribution < 1.29 is 33.7 Å². The number of hydrogen-bond acceptors (Lipinski definition) is 9. The van der Waals surface area contributed by atoms with Crippen molar-refractivity contribution >= 4 is 29.1 Å². The maximum absolute atomic E-state index is 12.4. The van der Waals surface area contributed by atoms with Crippen molar-refractivity contribution in [3.8, 4) is 11.5 Å². The van der Waals surface area contributed by atoms with Gasteiger partial charge in [-0.2, -0.15) is 0 Å². The zero-order valence-corrected chi connectivity index (χ0v) is 16.9. The predicted octanol–water partition coefficient (Wildman–Crippen LogP) is 4.14. The van der Waals surface area contributed by atoms with E-state index in [4.69, 9.17) is 9.47 Å². The first kappa shape index (κ1) is 22.7.